The highest BCUT2D eigenvalue weighted by atomic mass is 35.5. The van der Waals surface area contributed by atoms with E-state index in [0.717, 1.165) is 18.7 Å². The molecule has 4 rings (SSSR count). The number of rotatable bonds is 4. The Morgan fingerprint density at radius 2 is 1.79 bits per heavy atom. The zero-order valence-electron chi connectivity index (χ0n) is 15.9. The first-order chi connectivity index (χ1) is 14.0. The van der Waals surface area contributed by atoms with Crippen LogP contribution in [-0.2, 0) is 6.54 Å². The normalized spacial score (nSPS) is 14.9. The first kappa shape index (κ1) is 19.9. The lowest BCUT2D eigenvalue weighted by Gasteiger charge is -2.34. The number of piperazine rings is 1. The molecule has 1 saturated heterocycles. The Labute approximate surface area is 179 Å². The standard InChI is InChI=1S/C21H20Cl2N4O2/c1-14-2-4-15(5-3-14)20-24-19(29-25-20)13-26-8-10-27(11-9-26)21(28)17-7-6-16(22)12-18(17)23/h2-7,12H,8-11,13H2,1H3. The first-order valence-electron chi connectivity index (χ1n) is 9.36. The van der Waals surface area contributed by atoms with Crippen LogP contribution in [0.15, 0.2) is 47.0 Å². The van der Waals surface area contributed by atoms with E-state index in [1.807, 2.05) is 31.2 Å². The van der Waals surface area contributed by atoms with Crippen LogP contribution in [0.25, 0.3) is 11.4 Å². The molecule has 0 radical (unpaired) electrons. The van der Waals surface area contributed by atoms with Gasteiger partial charge in [-0.05, 0) is 25.1 Å². The van der Waals surface area contributed by atoms with Crippen LogP contribution in [0, 0.1) is 6.92 Å². The summed E-state index contributed by atoms with van der Waals surface area (Å²) >= 11 is 12.1. The van der Waals surface area contributed by atoms with Crippen molar-refractivity contribution in [3.8, 4) is 11.4 Å². The molecule has 1 aromatic heterocycles. The third kappa shape index (κ3) is 4.61. The molecule has 0 aliphatic carbocycles. The Hall–Kier alpha value is -2.41. The molecular formula is C21H20Cl2N4O2. The van der Waals surface area contributed by atoms with E-state index in [4.69, 9.17) is 27.7 Å². The van der Waals surface area contributed by atoms with Gasteiger partial charge < -0.3 is 9.42 Å². The predicted molar refractivity (Wildman–Crippen MR) is 112 cm³/mol. The van der Waals surface area contributed by atoms with Crippen molar-refractivity contribution in [2.24, 2.45) is 0 Å². The van der Waals surface area contributed by atoms with Crippen molar-refractivity contribution >= 4 is 29.1 Å². The van der Waals surface area contributed by atoms with Gasteiger partial charge in [0.25, 0.3) is 5.91 Å². The summed E-state index contributed by atoms with van der Waals surface area (Å²) < 4.78 is 5.41. The van der Waals surface area contributed by atoms with Gasteiger partial charge in [0.15, 0.2) is 0 Å². The van der Waals surface area contributed by atoms with E-state index in [0.29, 0.717) is 47.0 Å². The molecule has 0 atom stereocenters. The summed E-state index contributed by atoms with van der Waals surface area (Å²) in [5.74, 6) is 1.08. The second-order valence-electron chi connectivity index (χ2n) is 7.07. The van der Waals surface area contributed by atoms with Gasteiger partial charge in [-0.3, -0.25) is 9.69 Å². The minimum Gasteiger partial charge on any atom is -0.338 e. The second kappa shape index (κ2) is 8.53. The Balaban J connectivity index is 1.34. The van der Waals surface area contributed by atoms with Crippen LogP contribution < -0.4 is 0 Å². The van der Waals surface area contributed by atoms with Crippen LogP contribution in [0.5, 0.6) is 0 Å². The molecule has 0 saturated carbocycles. The summed E-state index contributed by atoms with van der Waals surface area (Å²) in [6.45, 7) is 5.26. The van der Waals surface area contributed by atoms with Crippen molar-refractivity contribution < 1.29 is 9.32 Å². The van der Waals surface area contributed by atoms with E-state index < -0.39 is 0 Å². The number of benzene rings is 2. The molecular weight excluding hydrogens is 411 g/mol. The SMILES string of the molecule is Cc1ccc(-c2noc(CN3CCN(C(=O)c4ccc(Cl)cc4Cl)CC3)n2)cc1. The lowest BCUT2D eigenvalue weighted by atomic mass is 10.1. The van der Waals surface area contributed by atoms with Crippen molar-refractivity contribution in [3.63, 3.8) is 0 Å². The summed E-state index contributed by atoms with van der Waals surface area (Å²) in [4.78, 5) is 21.2. The van der Waals surface area contributed by atoms with Crippen LogP contribution in [0.2, 0.25) is 10.0 Å². The lowest BCUT2D eigenvalue weighted by Crippen LogP contribution is -2.48. The van der Waals surface area contributed by atoms with Crippen molar-refractivity contribution in [3.05, 3.63) is 69.5 Å². The number of nitrogens with zero attached hydrogens (tertiary/aromatic N) is 4. The van der Waals surface area contributed by atoms with E-state index in [1.165, 1.54) is 5.56 Å². The molecule has 0 unspecified atom stereocenters. The summed E-state index contributed by atoms with van der Waals surface area (Å²) in [5, 5.41) is 4.97. The minimum atomic E-state index is -0.0780. The molecule has 0 N–H and O–H groups in total. The zero-order valence-corrected chi connectivity index (χ0v) is 17.5. The van der Waals surface area contributed by atoms with E-state index in [1.54, 1.807) is 23.1 Å². The van der Waals surface area contributed by atoms with E-state index >= 15 is 0 Å². The number of aromatic nitrogens is 2. The lowest BCUT2D eigenvalue weighted by molar-refractivity contribution is 0.0615. The van der Waals surface area contributed by atoms with Crippen LogP contribution in [-0.4, -0.2) is 52.0 Å². The van der Waals surface area contributed by atoms with Crippen molar-refractivity contribution in [1.82, 2.24) is 19.9 Å². The molecule has 8 heteroatoms. The predicted octanol–water partition coefficient (Wildman–Crippen LogP) is 4.31. The van der Waals surface area contributed by atoms with Crippen LogP contribution >= 0.6 is 23.2 Å². The minimum absolute atomic E-state index is 0.0780. The third-order valence-electron chi connectivity index (χ3n) is 4.96. The number of halogens is 2. The molecule has 1 aliphatic rings. The van der Waals surface area contributed by atoms with Crippen molar-refractivity contribution in [2.45, 2.75) is 13.5 Å². The first-order valence-corrected chi connectivity index (χ1v) is 10.1. The van der Waals surface area contributed by atoms with Gasteiger partial charge >= 0.3 is 0 Å². The zero-order chi connectivity index (χ0) is 20.4. The van der Waals surface area contributed by atoms with Crippen LogP contribution in [0.3, 0.4) is 0 Å². The molecule has 3 aromatic rings. The van der Waals surface area contributed by atoms with Gasteiger partial charge in [-0.1, -0.05) is 58.2 Å². The smallest absolute Gasteiger partial charge is 0.255 e. The molecule has 6 nitrogen and oxygen atoms in total. The topological polar surface area (TPSA) is 62.5 Å². The maximum atomic E-state index is 12.7. The average Bonchev–Trinajstić information content (AvgIpc) is 3.17. The Bertz CT molecular complexity index is 1010. The van der Waals surface area contributed by atoms with E-state index in [-0.39, 0.29) is 5.91 Å². The Morgan fingerprint density at radius 3 is 2.48 bits per heavy atom. The molecule has 29 heavy (non-hydrogen) atoms. The Morgan fingerprint density at radius 1 is 1.07 bits per heavy atom. The molecule has 150 valence electrons. The quantitative estimate of drug-likeness (QED) is 0.616. The fourth-order valence-corrected chi connectivity index (χ4v) is 3.76. The third-order valence-corrected chi connectivity index (χ3v) is 5.51. The highest BCUT2D eigenvalue weighted by Gasteiger charge is 2.24. The van der Waals surface area contributed by atoms with Gasteiger partial charge in [-0.15, -0.1) is 0 Å². The van der Waals surface area contributed by atoms with Crippen molar-refractivity contribution in [2.75, 3.05) is 26.2 Å². The van der Waals surface area contributed by atoms with Gasteiger partial charge in [0, 0.05) is 36.8 Å². The largest absolute Gasteiger partial charge is 0.338 e. The van der Waals surface area contributed by atoms with Gasteiger partial charge in [0.05, 0.1) is 17.1 Å². The molecule has 0 bridgehead atoms. The monoisotopic (exact) mass is 430 g/mol. The fourth-order valence-electron chi connectivity index (χ4n) is 3.27. The molecule has 1 amide bonds. The maximum absolute atomic E-state index is 12.7. The second-order valence-corrected chi connectivity index (χ2v) is 7.91. The van der Waals surface area contributed by atoms with Gasteiger partial charge in [0.1, 0.15) is 0 Å². The fraction of sp³-hybridized carbons (Fsp3) is 0.286. The molecule has 1 fully saturated rings. The van der Waals surface area contributed by atoms with Crippen molar-refractivity contribution in [1.29, 1.82) is 0 Å². The number of carbonyl (C=O) groups excluding carboxylic acids is 1. The van der Waals surface area contributed by atoms with E-state index in [9.17, 15) is 4.79 Å². The number of amides is 1. The maximum Gasteiger partial charge on any atom is 0.255 e. The highest BCUT2D eigenvalue weighted by molar-refractivity contribution is 6.36. The van der Waals surface area contributed by atoms with Gasteiger partial charge in [0.2, 0.25) is 11.7 Å². The number of hydrogen-bond donors (Lipinski definition) is 0. The summed E-state index contributed by atoms with van der Waals surface area (Å²) in [6, 6.07) is 13.0. The van der Waals surface area contributed by atoms with Gasteiger partial charge in [-0.2, -0.15) is 4.98 Å². The summed E-state index contributed by atoms with van der Waals surface area (Å²) in [5.41, 5.74) is 2.59. The Kier molecular flexibility index (Phi) is 5.85. The summed E-state index contributed by atoms with van der Waals surface area (Å²) in [6.07, 6.45) is 0. The molecule has 1 aliphatic heterocycles. The van der Waals surface area contributed by atoms with Gasteiger partial charge in [-0.25, -0.2) is 0 Å². The van der Waals surface area contributed by atoms with Crippen LogP contribution in [0.1, 0.15) is 21.8 Å². The van der Waals surface area contributed by atoms with Crippen LogP contribution in [0.4, 0.5) is 0 Å². The summed E-state index contributed by atoms with van der Waals surface area (Å²) in [7, 11) is 0. The van der Waals surface area contributed by atoms with E-state index in [2.05, 4.69) is 15.0 Å². The molecule has 0 spiro atoms. The highest BCUT2D eigenvalue weighted by Crippen LogP contribution is 2.23. The molecule has 2 aromatic carbocycles. The number of aryl methyl sites for hydroxylation is 1. The number of carbonyl (C=O) groups is 1. The number of hydrogen-bond acceptors (Lipinski definition) is 5. The average molecular weight is 431 g/mol. The molecule has 2 heterocycles.